The number of hydrogen-bond acceptors (Lipinski definition) is 1. The van der Waals surface area contributed by atoms with E-state index in [0.717, 1.165) is 0 Å². The zero-order chi connectivity index (χ0) is 65.4. The number of unbranched alkanes of at least 4 members (excludes halogenated alkanes) is 16. The third-order valence-electron chi connectivity index (χ3n) is 21.6. The maximum atomic E-state index is 3.51. The monoisotopic (exact) mass is 1330 g/mol. The van der Waals surface area contributed by atoms with Gasteiger partial charge in [0.2, 0.25) is 0 Å². The van der Waals surface area contributed by atoms with Crippen molar-refractivity contribution in [2.45, 2.75) is 381 Å². The second kappa shape index (κ2) is 46.7. The fourth-order valence-corrected chi connectivity index (χ4v) is 46.4. The lowest BCUT2D eigenvalue weighted by molar-refractivity contribution is 0.393. The zero-order valence-electron chi connectivity index (χ0n) is 62.3. The number of hydrogen-bond donors (Lipinski definition) is 0. The Morgan fingerprint density at radius 3 is 0.622 bits per heavy atom. The van der Waals surface area contributed by atoms with Crippen LogP contribution in [0.2, 0.25) is 72.5 Å². The predicted molar refractivity (Wildman–Crippen MR) is 430 cm³/mol. The molecule has 1 nitrogen and oxygen atoms in total. The molecule has 0 bridgehead atoms. The molecule has 0 aliphatic heterocycles. The first-order valence-electron chi connectivity index (χ1n) is 39.8. The second-order valence-corrected chi connectivity index (χ2v) is 52.2. The molecule has 0 unspecified atom stereocenters. The van der Waals surface area contributed by atoms with E-state index in [1.807, 2.05) is 0 Å². The molecule has 0 radical (unpaired) electrons. The molecule has 0 aromatic heterocycles. The van der Waals surface area contributed by atoms with Gasteiger partial charge in [0.05, 0.1) is 32.3 Å². The minimum Gasteiger partial charge on any atom is -0.242 e. The van der Waals surface area contributed by atoms with E-state index in [2.05, 4.69) is 198 Å². The largest absolute Gasteiger partial charge is 0.242 e. The highest BCUT2D eigenvalue weighted by atomic mass is 31.2. The molecule has 0 amide bonds. The van der Waals surface area contributed by atoms with Gasteiger partial charge in [0.1, 0.15) is 0 Å². The summed E-state index contributed by atoms with van der Waals surface area (Å²) in [6, 6.07) is 61.4. The topological polar surface area (TPSA) is 3.24 Å². The van der Waals surface area contributed by atoms with Crippen LogP contribution < -0.4 is 42.0 Å². The van der Waals surface area contributed by atoms with Gasteiger partial charge in [-0.05, 0) is 34.1 Å². The Morgan fingerprint density at radius 2 is 0.433 bits per heavy atom. The molecule has 0 heterocycles. The Kier molecular flexibility index (Phi) is 42.0. The summed E-state index contributed by atoms with van der Waals surface area (Å²) in [5.74, 6) is 0. The first kappa shape index (κ1) is 81.0. The van der Waals surface area contributed by atoms with Gasteiger partial charge in [-0.2, -0.15) is 0 Å². The SMILES string of the molecule is CCCCCCCCCCCC(CCCCCCCCCCC)N(P(c1cccc([Si](CCC)(CCC)CCC)c1)c1cccc([Si](CCC)(CCC)CCC)c1)P(c1cccc([Si](CCC)(CCC)CCC)c1)c1cccc([Si](CCC)(CCC)CCC)c1. The first-order chi connectivity index (χ1) is 44.0. The highest BCUT2D eigenvalue weighted by Crippen LogP contribution is 2.58. The molecule has 0 fully saturated rings. The third-order valence-corrected chi connectivity index (χ3v) is 50.8. The number of benzene rings is 4. The van der Waals surface area contributed by atoms with Gasteiger partial charge >= 0.3 is 0 Å². The van der Waals surface area contributed by atoms with E-state index in [1.54, 1.807) is 42.0 Å². The van der Waals surface area contributed by atoms with Crippen molar-refractivity contribution in [2.75, 3.05) is 0 Å². The zero-order valence-corrected chi connectivity index (χ0v) is 68.1. The van der Waals surface area contributed by atoms with Crippen LogP contribution >= 0.6 is 16.1 Å². The predicted octanol–water partition coefficient (Wildman–Crippen LogP) is 25.1. The van der Waals surface area contributed by atoms with E-state index in [4.69, 9.17) is 0 Å². The van der Waals surface area contributed by atoms with E-state index < -0.39 is 48.4 Å². The lowest BCUT2D eigenvalue weighted by Crippen LogP contribution is -2.50. The molecular formula is C83H147NP2Si4. The van der Waals surface area contributed by atoms with E-state index in [-0.39, 0.29) is 0 Å². The summed E-state index contributed by atoms with van der Waals surface area (Å²) in [6.07, 6.45) is 43.2. The molecule has 0 spiro atoms. The minimum atomic E-state index is -1.82. The second-order valence-electron chi connectivity index (χ2n) is 29.2. The summed E-state index contributed by atoms with van der Waals surface area (Å²) in [5.41, 5.74) is 0. The van der Waals surface area contributed by atoms with Crippen molar-refractivity contribution in [3.05, 3.63) is 97.1 Å². The van der Waals surface area contributed by atoms with Crippen LogP contribution in [0.3, 0.4) is 0 Å². The van der Waals surface area contributed by atoms with Gasteiger partial charge in [0, 0.05) is 22.2 Å². The van der Waals surface area contributed by atoms with Crippen molar-refractivity contribution in [1.82, 2.24) is 4.44 Å². The molecule has 0 N–H and O–H groups in total. The normalized spacial score (nSPS) is 12.7. The van der Waals surface area contributed by atoms with Crippen molar-refractivity contribution in [1.29, 1.82) is 0 Å². The fourth-order valence-electron chi connectivity index (χ4n) is 17.8. The summed E-state index contributed by atoms with van der Waals surface area (Å²) in [4.78, 5) is 0. The van der Waals surface area contributed by atoms with Crippen LogP contribution in [0.4, 0.5) is 0 Å². The number of rotatable bonds is 55. The summed E-state index contributed by atoms with van der Waals surface area (Å²) >= 11 is 0. The molecule has 4 aromatic rings. The van der Waals surface area contributed by atoms with Crippen LogP contribution in [0.25, 0.3) is 0 Å². The highest BCUT2D eigenvalue weighted by molar-refractivity contribution is 7.84. The van der Waals surface area contributed by atoms with Gasteiger partial charge < -0.3 is 0 Å². The lowest BCUT2D eigenvalue weighted by atomic mass is 10.00. The van der Waals surface area contributed by atoms with E-state index in [1.165, 1.54) is 278 Å². The van der Waals surface area contributed by atoms with Gasteiger partial charge in [-0.15, -0.1) is 0 Å². The van der Waals surface area contributed by atoms with Crippen molar-refractivity contribution < 1.29 is 0 Å². The highest BCUT2D eigenvalue weighted by Gasteiger charge is 2.42. The van der Waals surface area contributed by atoms with Gasteiger partial charge in [0.25, 0.3) is 0 Å². The molecular weight excluding hydrogens is 1190 g/mol. The van der Waals surface area contributed by atoms with Gasteiger partial charge in [-0.1, -0.05) is 480 Å². The minimum absolute atomic E-state index is 0.483. The molecule has 4 aromatic carbocycles. The van der Waals surface area contributed by atoms with E-state index in [0.29, 0.717) is 6.04 Å². The molecule has 0 aliphatic rings. The molecule has 0 saturated carbocycles. The standard InChI is InChI=1S/C83H147NP2Si4/c1-15-29-31-33-35-37-39-41-43-49-75(50-44-42-40-38-36-34-32-30-16-2)84(85(76-51-45-55-80(71-76)87(59-17-3,60-18-4)61-19-5)77-52-46-56-81(72-77)88(62-20-6,63-21-7)64-22-8)86(78-53-47-57-82(73-78)89(65-23-9,66-24-10)67-25-11)79-54-48-58-83(74-79)90(68-26-12,69-27-13)70-28-14/h45-48,51-58,71-75H,15-44,49-50,59-70H2,1-14H3. The van der Waals surface area contributed by atoms with Gasteiger partial charge in [0.15, 0.2) is 0 Å². The summed E-state index contributed by atoms with van der Waals surface area (Å²) < 4.78 is 3.51. The van der Waals surface area contributed by atoms with Crippen LogP contribution in [0.15, 0.2) is 97.1 Å². The lowest BCUT2D eigenvalue weighted by Gasteiger charge is -2.45. The quantitative estimate of drug-likeness (QED) is 0.0242. The molecule has 0 saturated heterocycles. The van der Waals surface area contributed by atoms with Crippen molar-refractivity contribution >= 4 is 90.4 Å². The van der Waals surface area contributed by atoms with Crippen LogP contribution in [0, 0.1) is 0 Å². The third kappa shape index (κ3) is 24.6. The molecule has 510 valence electrons. The van der Waals surface area contributed by atoms with E-state index in [9.17, 15) is 0 Å². The molecule has 4 rings (SSSR count). The first-order valence-corrected chi connectivity index (χ1v) is 52.9. The molecule has 0 atom stereocenters. The summed E-state index contributed by atoms with van der Waals surface area (Å²) in [7, 11) is -9.25. The number of nitrogens with zero attached hydrogens (tertiary/aromatic N) is 1. The van der Waals surface area contributed by atoms with Crippen molar-refractivity contribution in [2.24, 2.45) is 0 Å². The van der Waals surface area contributed by atoms with Crippen LogP contribution in [0.5, 0.6) is 0 Å². The van der Waals surface area contributed by atoms with E-state index >= 15 is 0 Å². The van der Waals surface area contributed by atoms with Gasteiger partial charge in [-0.3, -0.25) is 0 Å². The Balaban J connectivity index is 2.36. The molecule has 90 heavy (non-hydrogen) atoms. The Hall–Kier alpha value is -1.43. The fraction of sp³-hybridized carbons (Fsp3) is 0.711. The Bertz CT molecular complexity index is 2070. The average molecular weight is 1330 g/mol. The van der Waals surface area contributed by atoms with Crippen molar-refractivity contribution in [3.63, 3.8) is 0 Å². The molecule has 0 aliphatic carbocycles. The smallest absolute Gasteiger partial charge is 0.0867 e. The van der Waals surface area contributed by atoms with Crippen molar-refractivity contribution in [3.8, 4) is 0 Å². The Morgan fingerprint density at radius 1 is 0.244 bits per heavy atom. The maximum absolute atomic E-state index is 3.51. The molecule has 7 heteroatoms. The van der Waals surface area contributed by atoms with Gasteiger partial charge in [-0.25, -0.2) is 4.44 Å². The summed E-state index contributed by atoms with van der Waals surface area (Å²) in [6.45, 7) is 34.8. The van der Waals surface area contributed by atoms with Crippen LogP contribution in [-0.4, -0.2) is 42.8 Å². The maximum Gasteiger partial charge on any atom is 0.0867 e. The Labute approximate surface area is 569 Å². The van der Waals surface area contributed by atoms with Crippen LogP contribution in [0.1, 0.15) is 302 Å². The summed E-state index contributed by atoms with van der Waals surface area (Å²) in [5, 5.41) is 13.8. The average Bonchev–Trinajstić information content (AvgIpc) is 1.41. The van der Waals surface area contributed by atoms with Crippen LogP contribution in [-0.2, 0) is 0 Å².